The number of aryl methyl sites for hydroxylation is 12. The Balaban J connectivity index is 1.25. The second-order valence-electron chi connectivity index (χ2n) is 23.0. The molecule has 12 rings (SSSR count). The van der Waals surface area contributed by atoms with Crippen LogP contribution >= 0.6 is 0 Å². The Hall–Kier alpha value is -9.43. The lowest BCUT2D eigenvalue weighted by Crippen LogP contribution is -2.09. The molecule has 12 aromatic rings. The van der Waals surface area contributed by atoms with Gasteiger partial charge in [-0.1, -0.05) is 101 Å². The lowest BCUT2D eigenvalue weighted by molar-refractivity contribution is -0.137. The van der Waals surface area contributed by atoms with Crippen LogP contribution < -0.4 is 0 Å². The number of alkyl halides is 3. The molecule has 0 fully saturated rings. The van der Waals surface area contributed by atoms with E-state index >= 15 is 13.2 Å². The zero-order valence-corrected chi connectivity index (χ0v) is 48.4. The first-order chi connectivity index (χ1) is 39.1. The maximum atomic E-state index is 15.5. The maximum Gasteiger partial charge on any atom is 0.417 e. The van der Waals surface area contributed by atoms with Crippen LogP contribution in [0.15, 0.2) is 152 Å². The predicted molar refractivity (Wildman–Crippen MR) is 335 cm³/mol. The third kappa shape index (κ3) is 8.75. The molecular weight excluding hydrogens is 1010 g/mol. The van der Waals surface area contributed by atoms with Crippen LogP contribution in [0.3, 0.4) is 0 Å². The highest BCUT2D eigenvalue weighted by Gasteiger charge is 2.35. The standard InChI is InChI=1S/C75H61F3N4/c1-40-24-44(5)71(45(6)25-40)53-15-20-65-59(33-53)60-34-54(72-46(7)26-41(2)27-47(72)8)16-21-66(60)81(65)69-37-58(57-19-14-52(39-79)32-63(57)75(76,77)78)64(80-13)38-70(69)82-67-22-17-55(73-48(9)28-42(3)29-49(73)10)35-61(67)62-36-56(18-23-68(62)82)74-50(11)30-43(4)31-51(74)12/h14-38H,1-12H3. The van der Waals surface area contributed by atoms with E-state index in [4.69, 9.17) is 6.57 Å². The molecular formula is C75H61F3N4. The highest BCUT2D eigenvalue weighted by molar-refractivity contribution is 6.15. The third-order valence-electron chi connectivity index (χ3n) is 16.8. The molecule has 402 valence electrons. The Morgan fingerprint density at radius 3 is 0.963 bits per heavy atom. The minimum Gasteiger partial charge on any atom is -0.308 e. The molecule has 0 aliphatic rings. The van der Waals surface area contributed by atoms with Crippen molar-refractivity contribution < 1.29 is 13.2 Å². The molecule has 10 aromatic carbocycles. The molecule has 0 N–H and O–H groups in total. The van der Waals surface area contributed by atoms with Gasteiger partial charge in [-0.15, -0.1) is 0 Å². The molecule has 0 spiro atoms. The molecule has 0 bridgehead atoms. The topological polar surface area (TPSA) is 38.0 Å². The van der Waals surface area contributed by atoms with Crippen LogP contribution in [0, 0.1) is 101 Å². The zero-order valence-electron chi connectivity index (χ0n) is 48.4. The minimum atomic E-state index is -4.84. The number of halogens is 3. The van der Waals surface area contributed by atoms with Crippen molar-refractivity contribution in [1.82, 2.24) is 9.13 Å². The normalized spacial score (nSPS) is 11.8. The van der Waals surface area contributed by atoms with Gasteiger partial charge >= 0.3 is 6.18 Å². The fourth-order valence-electron chi connectivity index (χ4n) is 14.0. The van der Waals surface area contributed by atoms with Gasteiger partial charge in [0.05, 0.1) is 57.2 Å². The summed E-state index contributed by atoms with van der Waals surface area (Å²) in [5, 5.41) is 13.8. The van der Waals surface area contributed by atoms with E-state index in [1.165, 1.54) is 56.6 Å². The van der Waals surface area contributed by atoms with E-state index in [9.17, 15) is 5.26 Å². The van der Waals surface area contributed by atoms with Crippen molar-refractivity contribution in [3.63, 3.8) is 0 Å². The zero-order chi connectivity index (χ0) is 58.0. The van der Waals surface area contributed by atoms with Gasteiger partial charge in [-0.25, -0.2) is 4.85 Å². The number of nitrogens with zero attached hydrogens (tertiary/aromatic N) is 4. The van der Waals surface area contributed by atoms with Crippen molar-refractivity contribution in [2.24, 2.45) is 0 Å². The summed E-state index contributed by atoms with van der Waals surface area (Å²) >= 11 is 0. The predicted octanol–water partition coefficient (Wildman–Crippen LogP) is 21.4. The number of nitriles is 1. The highest BCUT2D eigenvalue weighted by atomic mass is 19.4. The van der Waals surface area contributed by atoms with Crippen molar-refractivity contribution in [3.05, 3.63) is 241 Å². The molecule has 2 heterocycles. The number of aromatic nitrogens is 2. The van der Waals surface area contributed by atoms with E-state index in [-0.39, 0.29) is 22.4 Å². The van der Waals surface area contributed by atoms with Gasteiger partial charge in [0.2, 0.25) is 0 Å². The monoisotopic (exact) mass is 1070 g/mol. The van der Waals surface area contributed by atoms with E-state index in [1.54, 1.807) is 12.1 Å². The lowest BCUT2D eigenvalue weighted by Gasteiger charge is -2.21. The molecule has 7 heteroatoms. The smallest absolute Gasteiger partial charge is 0.308 e. The summed E-state index contributed by atoms with van der Waals surface area (Å²) in [6.07, 6.45) is -4.84. The van der Waals surface area contributed by atoms with Gasteiger partial charge in [-0.05, 0) is 256 Å². The maximum absolute atomic E-state index is 15.5. The Labute approximate surface area is 477 Å². The number of fused-ring (bicyclic) bond motifs is 6. The van der Waals surface area contributed by atoms with Gasteiger partial charge in [0, 0.05) is 21.5 Å². The summed E-state index contributed by atoms with van der Waals surface area (Å²) in [6.45, 7) is 34.5. The van der Waals surface area contributed by atoms with Crippen LogP contribution in [0.25, 0.3) is 115 Å². The van der Waals surface area contributed by atoms with Gasteiger partial charge in [0.1, 0.15) is 0 Å². The van der Waals surface area contributed by atoms with E-state index in [1.807, 2.05) is 6.07 Å². The van der Waals surface area contributed by atoms with Crippen molar-refractivity contribution >= 4 is 49.3 Å². The quantitative estimate of drug-likeness (QED) is 0.147. The Kier molecular flexibility index (Phi) is 12.8. The lowest BCUT2D eigenvalue weighted by atomic mass is 9.91. The first-order valence-electron chi connectivity index (χ1n) is 27.8. The van der Waals surface area contributed by atoms with Crippen LogP contribution in [0.5, 0.6) is 0 Å². The number of rotatable bonds is 7. The Morgan fingerprint density at radius 1 is 0.378 bits per heavy atom. The molecule has 2 aromatic heterocycles. The van der Waals surface area contributed by atoms with Crippen LogP contribution in [0.4, 0.5) is 18.9 Å². The molecule has 0 atom stereocenters. The molecule has 0 saturated heterocycles. The van der Waals surface area contributed by atoms with Crippen LogP contribution in [0.1, 0.15) is 77.9 Å². The SMILES string of the molecule is [C-]#[N+]c1cc(-n2c3ccc(-c4c(C)cc(C)cc4C)cc3c3cc(-c4c(C)cc(C)cc4C)ccc32)c(-n2c3ccc(-c4c(C)cc(C)cc4C)cc3c3cc(-c4c(C)cc(C)cc4C)ccc32)cc1-c1ccc(C#N)cc1C(F)(F)F. The number of hydrogen-bond acceptors (Lipinski definition) is 1. The first-order valence-corrected chi connectivity index (χ1v) is 27.8. The summed E-state index contributed by atoms with van der Waals surface area (Å²) in [6, 6.07) is 53.2. The van der Waals surface area contributed by atoms with Gasteiger partial charge < -0.3 is 9.13 Å². The second-order valence-corrected chi connectivity index (χ2v) is 23.0. The van der Waals surface area contributed by atoms with Crippen LogP contribution in [-0.4, -0.2) is 9.13 Å². The summed E-state index contributed by atoms with van der Waals surface area (Å²) in [5.74, 6) is 0. The van der Waals surface area contributed by atoms with Crippen molar-refractivity contribution in [2.45, 2.75) is 89.3 Å². The highest BCUT2D eigenvalue weighted by Crippen LogP contribution is 2.49. The second kappa shape index (κ2) is 19.7. The largest absolute Gasteiger partial charge is 0.417 e. The van der Waals surface area contributed by atoms with Crippen molar-refractivity contribution in [1.29, 1.82) is 5.26 Å². The van der Waals surface area contributed by atoms with Gasteiger partial charge in [0.15, 0.2) is 5.69 Å². The molecule has 82 heavy (non-hydrogen) atoms. The fourth-order valence-corrected chi connectivity index (χ4v) is 14.0. The average molecular weight is 1080 g/mol. The van der Waals surface area contributed by atoms with Gasteiger partial charge in [0.25, 0.3) is 0 Å². The molecule has 0 radical (unpaired) electrons. The number of benzene rings is 10. The summed E-state index contributed by atoms with van der Waals surface area (Å²) in [4.78, 5) is 4.08. The fraction of sp³-hybridized carbons (Fsp3) is 0.173. The molecule has 0 amide bonds. The van der Waals surface area contributed by atoms with Crippen molar-refractivity contribution in [2.75, 3.05) is 0 Å². The van der Waals surface area contributed by atoms with E-state index in [0.717, 1.165) is 116 Å². The van der Waals surface area contributed by atoms with E-state index in [0.29, 0.717) is 11.4 Å². The minimum absolute atomic E-state index is 0.0370. The third-order valence-corrected chi connectivity index (χ3v) is 16.8. The van der Waals surface area contributed by atoms with Crippen LogP contribution in [0.2, 0.25) is 0 Å². The van der Waals surface area contributed by atoms with Crippen molar-refractivity contribution in [3.8, 4) is 73.1 Å². The van der Waals surface area contributed by atoms with Gasteiger partial charge in [-0.3, -0.25) is 0 Å². The number of hydrogen-bond donors (Lipinski definition) is 0. The van der Waals surface area contributed by atoms with E-state index in [2.05, 4.69) is 218 Å². The molecule has 0 aliphatic carbocycles. The Morgan fingerprint density at radius 2 is 0.683 bits per heavy atom. The summed E-state index contributed by atoms with van der Waals surface area (Å²) in [5.41, 5.74) is 26.4. The first kappa shape index (κ1) is 53.2. The summed E-state index contributed by atoms with van der Waals surface area (Å²) < 4.78 is 50.9. The molecule has 0 unspecified atom stereocenters. The molecule has 4 nitrogen and oxygen atoms in total. The van der Waals surface area contributed by atoms with Crippen LogP contribution in [-0.2, 0) is 6.18 Å². The van der Waals surface area contributed by atoms with Gasteiger partial charge in [-0.2, -0.15) is 18.4 Å². The summed E-state index contributed by atoms with van der Waals surface area (Å²) in [7, 11) is 0. The van der Waals surface area contributed by atoms with E-state index < -0.39 is 11.7 Å². The average Bonchev–Trinajstić information content (AvgIpc) is 4.14. The molecule has 0 aliphatic heterocycles. The Bertz CT molecular complexity index is 4510. The molecule has 0 saturated carbocycles.